The fraction of sp³-hybridized carbons (Fsp3) is 0.538. The van der Waals surface area contributed by atoms with Crippen LogP contribution in [0.1, 0.15) is 31.2 Å². The van der Waals surface area contributed by atoms with Gasteiger partial charge in [0.1, 0.15) is 0 Å². The average molecular weight is 189 g/mol. The van der Waals surface area contributed by atoms with Gasteiger partial charge >= 0.3 is 0 Å². The van der Waals surface area contributed by atoms with Gasteiger partial charge in [-0.3, -0.25) is 0 Å². The van der Waals surface area contributed by atoms with E-state index in [1.54, 1.807) is 0 Å². The van der Waals surface area contributed by atoms with E-state index in [-0.39, 0.29) is 0 Å². The lowest BCUT2D eigenvalue weighted by molar-refractivity contribution is 0.245. The summed E-state index contributed by atoms with van der Waals surface area (Å²) in [5.41, 5.74) is 7.22. The molecule has 0 aromatic heterocycles. The first-order valence-corrected chi connectivity index (χ1v) is 5.64. The largest absolute Gasteiger partial charge is 0.328 e. The monoisotopic (exact) mass is 189 g/mol. The molecule has 0 heterocycles. The van der Waals surface area contributed by atoms with Crippen LogP contribution < -0.4 is 5.73 Å². The summed E-state index contributed by atoms with van der Waals surface area (Å²) in [6, 6.07) is 11.3. The van der Waals surface area contributed by atoms with Gasteiger partial charge in [-0.25, -0.2) is 0 Å². The standard InChI is InChI=1S/C13H19N/c14-13-9-12(10-13)8-4-7-11-5-2-1-3-6-11/h1-3,5-6,12-13H,4,7-10,14H2. The quantitative estimate of drug-likeness (QED) is 0.774. The van der Waals surface area contributed by atoms with Crippen molar-refractivity contribution >= 4 is 0 Å². The lowest BCUT2D eigenvalue weighted by atomic mass is 9.78. The Morgan fingerprint density at radius 2 is 1.86 bits per heavy atom. The lowest BCUT2D eigenvalue weighted by Crippen LogP contribution is -2.36. The van der Waals surface area contributed by atoms with E-state index in [0.717, 1.165) is 5.92 Å². The van der Waals surface area contributed by atoms with E-state index in [2.05, 4.69) is 30.3 Å². The summed E-state index contributed by atoms with van der Waals surface area (Å²) in [4.78, 5) is 0. The number of aryl methyl sites for hydroxylation is 1. The molecule has 1 aliphatic carbocycles. The molecule has 0 aliphatic heterocycles. The minimum Gasteiger partial charge on any atom is -0.328 e. The summed E-state index contributed by atoms with van der Waals surface area (Å²) in [5, 5.41) is 0. The van der Waals surface area contributed by atoms with E-state index >= 15 is 0 Å². The molecular weight excluding hydrogens is 170 g/mol. The third-order valence-electron chi connectivity index (χ3n) is 3.19. The summed E-state index contributed by atoms with van der Waals surface area (Å²) in [6.07, 6.45) is 6.43. The van der Waals surface area contributed by atoms with E-state index in [1.807, 2.05) is 0 Å². The Bertz CT molecular complexity index is 262. The van der Waals surface area contributed by atoms with Gasteiger partial charge in [-0.1, -0.05) is 36.8 Å². The number of hydrogen-bond acceptors (Lipinski definition) is 1. The molecule has 0 saturated heterocycles. The molecule has 1 saturated carbocycles. The minimum absolute atomic E-state index is 0.511. The fourth-order valence-corrected chi connectivity index (χ4v) is 2.26. The Labute approximate surface area is 86.3 Å². The van der Waals surface area contributed by atoms with Gasteiger partial charge < -0.3 is 5.73 Å². The van der Waals surface area contributed by atoms with Crippen LogP contribution in [-0.2, 0) is 6.42 Å². The van der Waals surface area contributed by atoms with Crippen molar-refractivity contribution in [2.45, 2.75) is 38.1 Å². The Hall–Kier alpha value is -0.820. The van der Waals surface area contributed by atoms with Gasteiger partial charge in [0, 0.05) is 6.04 Å². The van der Waals surface area contributed by atoms with Gasteiger partial charge in [-0.15, -0.1) is 0 Å². The molecule has 2 rings (SSSR count). The third kappa shape index (κ3) is 2.58. The number of benzene rings is 1. The van der Waals surface area contributed by atoms with Crippen LogP contribution in [0.4, 0.5) is 0 Å². The van der Waals surface area contributed by atoms with Gasteiger partial charge in [0.05, 0.1) is 0 Å². The molecule has 1 aliphatic rings. The van der Waals surface area contributed by atoms with Crippen molar-refractivity contribution in [3.05, 3.63) is 35.9 Å². The summed E-state index contributed by atoms with van der Waals surface area (Å²) >= 11 is 0. The second-order valence-corrected chi connectivity index (χ2v) is 4.48. The third-order valence-corrected chi connectivity index (χ3v) is 3.19. The zero-order valence-electron chi connectivity index (χ0n) is 8.65. The molecule has 76 valence electrons. The van der Waals surface area contributed by atoms with Gasteiger partial charge in [0.25, 0.3) is 0 Å². The van der Waals surface area contributed by atoms with Crippen LogP contribution in [0.5, 0.6) is 0 Å². The van der Waals surface area contributed by atoms with Crippen LogP contribution in [0.25, 0.3) is 0 Å². The Morgan fingerprint density at radius 3 is 2.50 bits per heavy atom. The second-order valence-electron chi connectivity index (χ2n) is 4.48. The van der Waals surface area contributed by atoms with Crippen molar-refractivity contribution in [2.24, 2.45) is 11.7 Å². The molecule has 1 nitrogen and oxygen atoms in total. The second kappa shape index (κ2) is 4.61. The zero-order chi connectivity index (χ0) is 9.80. The maximum Gasteiger partial charge on any atom is 0.00441 e. The first-order valence-electron chi connectivity index (χ1n) is 5.64. The molecule has 0 bridgehead atoms. The molecule has 14 heavy (non-hydrogen) atoms. The van der Waals surface area contributed by atoms with Gasteiger partial charge in [0.15, 0.2) is 0 Å². The topological polar surface area (TPSA) is 26.0 Å². The van der Waals surface area contributed by atoms with Crippen molar-refractivity contribution in [1.29, 1.82) is 0 Å². The maximum absolute atomic E-state index is 5.75. The summed E-state index contributed by atoms with van der Waals surface area (Å²) in [5.74, 6) is 0.925. The van der Waals surface area contributed by atoms with Crippen molar-refractivity contribution < 1.29 is 0 Å². The molecular formula is C13H19N. The van der Waals surface area contributed by atoms with Crippen LogP contribution in [-0.4, -0.2) is 6.04 Å². The van der Waals surface area contributed by atoms with Crippen molar-refractivity contribution in [1.82, 2.24) is 0 Å². The molecule has 1 heteroatoms. The summed E-state index contributed by atoms with van der Waals surface area (Å²) in [7, 11) is 0. The van der Waals surface area contributed by atoms with Crippen LogP contribution >= 0.6 is 0 Å². The van der Waals surface area contributed by atoms with Gasteiger partial charge in [-0.2, -0.15) is 0 Å². The Kier molecular flexibility index (Phi) is 3.20. The van der Waals surface area contributed by atoms with Gasteiger partial charge in [-0.05, 0) is 37.2 Å². The first-order chi connectivity index (χ1) is 6.84. The summed E-state index contributed by atoms with van der Waals surface area (Å²) in [6.45, 7) is 0. The van der Waals surface area contributed by atoms with Crippen LogP contribution in [0.15, 0.2) is 30.3 Å². The molecule has 1 fully saturated rings. The van der Waals surface area contributed by atoms with E-state index in [1.165, 1.54) is 37.7 Å². The lowest BCUT2D eigenvalue weighted by Gasteiger charge is -2.32. The van der Waals surface area contributed by atoms with E-state index in [0.29, 0.717) is 6.04 Å². The van der Waals surface area contributed by atoms with Crippen LogP contribution in [0, 0.1) is 5.92 Å². The number of hydrogen-bond donors (Lipinski definition) is 1. The number of nitrogens with two attached hydrogens (primary N) is 1. The van der Waals surface area contributed by atoms with Crippen LogP contribution in [0.2, 0.25) is 0 Å². The van der Waals surface area contributed by atoms with Gasteiger partial charge in [0.2, 0.25) is 0 Å². The SMILES string of the molecule is NC1CC(CCCc2ccccc2)C1. The zero-order valence-corrected chi connectivity index (χ0v) is 8.65. The molecule has 0 atom stereocenters. The van der Waals surface area contributed by atoms with E-state index < -0.39 is 0 Å². The first kappa shape index (κ1) is 9.72. The molecule has 2 N–H and O–H groups in total. The predicted octanol–water partition coefficient (Wildman–Crippen LogP) is 2.75. The van der Waals surface area contributed by atoms with Crippen LogP contribution in [0.3, 0.4) is 0 Å². The van der Waals surface area contributed by atoms with E-state index in [4.69, 9.17) is 5.73 Å². The molecule has 0 spiro atoms. The molecule has 0 radical (unpaired) electrons. The highest BCUT2D eigenvalue weighted by molar-refractivity contribution is 5.14. The fourth-order valence-electron chi connectivity index (χ4n) is 2.26. The average Bonchev–Trinajstić information content (AvgIpc) is 2.17. The normalized spacial score (nSPS) is 25.8. The Balaban J connectivity index is 1.64. The highest BCUT2D eigenvalue weighted by Crippen LogP contribution is 2.30. The highest BCUT2D eigenvalue weighted by atomic mass is 14.7. The Morgan fingerprint density at radius 1 is 1.14 bits per heavy atom. The molecule has 0 amide bonds. The maximum atomic E-state index is 5.75. The summed E-state index contributed by atoms with van der Waals surface area (Å²) < 4.78 is 0. The van der Waals surface area contributed by atoms with Crippen molar-refractivity contribution in [3.8, 4) is 0 Å². The van der Waals surface area contributed by atoms with Crippen molar-refractivity contribution in [2.75, 3.05) is 0 Å². The van der Waals surface area contributed by atoms with Crippen molar-refractivity contribution in [3.63, 3.8) is 0 Å². The smallest absolute Gasteiger partial charge is 0.00441 e. The number of rotatable bonds is 4. The molecule has 1 aromatic rings. The highest BCUT2D eigenvalue weighted by Gasteiger charge is 2.24. The predicted molar refractivity (Wildman–Crippen MR) is 60.1 cm³/mol. The molecule has 1 aromatic carbocycles. The minimum atomic E-state index is 0.511. The van der Waals surface area contributed by atoms with E-state index in [9.17, 15) is 0 Å². The molecule has 0 unspecified atom stereocenters.